The predicted octanol–water partition coefficient (Wildman–Crippen LogP) is 14.2. The van der Waals surface area contributed by atoms with E-state index in [0.29, 0.717) is 0 Å². The van der Waals surface area contributed by atoms with Crippen LogP contribution in [-0.4, -0.2) is 9.13 Å². The second-order valence-corrected chi connectivity index (χ2v) is 16.4. The smallest absolute Gasteiger partial charge is 0.0548 e. The van der Waals surface area contributed by atoms with Crippen molar-refractivity contribution in [3.05, 3.63) is 181 Å². The number of aromatic nitrogens is 2. The fourth-order valence-corrected chi connectivity index (χ4v) is 10.8. The van der Waals surface area contributed by atoms with Crippen molar-refractivity contribution in [1.82, 2.24) is 9.13 Å². The van der Waals surface area contributed by atoms with Gasteiger partial charge in [-0.2, -0.15) is 0 Å². The molecule has 12 rings (SSSR count). The number of fused-ring (bicyclic) bond motifs is 12. The van der Waals surface area contributed by atoms with Gasteiger partial charge in [-0.1, -0.05) is 123 Å². The Hall–Kier alpha value is -6.42. The molecule has 54 heavy (non-hydrogen) atoms. The van der Waals surface area contributed by atoms with Gasteiger partial charge in [0.25, 0.3) is 0 Å². The highest BCUT2D eigenvalue weighted by Crippen LogP contribution is 2.50. The van der Waals surface area contributed by atoms with Gasteiger partial charge < -0.3 is 9.13 Å². The molecule has 0 saturated carbocycles. The van der Waals surface area contributed by atoms with Crippen LogP contribution in [0.5, 0.6) is 0 Å². The fraction of sp³-hybridized carbons (Fsp3) is 0.0588. The molecule has 2 nitrogen and oxygen atoms in total. The molecule has 0 spiro atoms. The van der Waals surface area contributed by atoms with Gasteiger partial charge in [0.05, 0.1) is 22.1 Å². The second kappa shape index (κ2) is 10.8. The lowest BCUT2D eigenvalue weighted by Crippen LogP contribution is -2.15. The van der Waals surface area contributed by atoms with E-state index in [4.69, 9.17) is 0 Å². The van der Waals surface area contributed by atoms with Crippen LogP contribution in [0.2, 0.25) is 0 Å². The molecule has 0 fully saturated rings. The fourth-order valence-electron chi connectivity index (χ4n) is 9.59. The summed E-state index contributed by atoms with van der Waals surface area (Å²) < 4.78 is 7.62. The molecule has 0 radical (unpaired) electrons. The summed E-state index contributed by atoms with van der Waals surface area (Å²) >= 11 is 1.90. The van der Waals surface area contributed by atoms with Gasteiger partial charge in [-0.25, -0.2) is 0 Å². The van der Waals surface area contributed by atoms with Crippen molar-refractivity contribution < 1.29 is 0 Å². The highest BCUT2D eigenvalue weighted by molar-refractivity contribution is 7.26. The molecule has 1 aliphatic carbocycles. The highest BCUT2D eigenvalue weighted by atomic mass is 32.1. The van der Waals surface area contributed by atoms with E-state index < -0.39 is 0 Å². The summed E-state index contributed by atoms with van der Waals surface area (Å²) in [5, 5.41) is 7.69. The van der Waals surface area contributed by atoms with E-state index in [1.807, 2.05) is 11.3 Å². The van der Waals surface area contributed by atoms with Crippen LogP contribution in [0.1, 0.15) is 25.0 Å². The minimum Gasteiger partial charge on any atom is -0.309 e. The molecular formula is C51H34N2S. The average molecular weight is 707 g/mol. The summed E-state index contributed by atoms with van der Waals surface area (Å²) in [5.74, 6) is 0. The molecule has 0 aliphatic heterocycles. The zero-order valence-corrected chi connectivity index (χ0v) is 30.8. The maximum Gasteiger partial charge on any atom is 0.0548 e. The minimum atomic E-state index is -0.0901. The average Bonchev–Trinajstić information content (AvgIpc) is 3.92. The molecule has 0 amide bonds. The summed E-state index contributed by atoms with van der Waals surface area (Å²) in [7, 11) is 0. The molecule has 0 unspecified atom stereocenters. The third-order valence-electron chi connectivity index (χ3n) is 12.1. The zero-order chi connectivity index (χ0) is 35.7. The van der Waals surface area contributed by atoms with Crippen LogP contribution in [0.3, 0.4) is 0 Å². The molecule has 0 saturated heterocycles. The molecule has 8 aromatic carbocycles. The Morgan fingerprint density at radius 1 is 0.389 bits per heavy atom. The van der Waals surface area contributed by atoms with Crippen LogP contribution in [-0.2, 0) is 5.41 Å². The lowest BCUT2D eigenvalue weighted by atomic mass is 9.82. The van der Waals surface area contributed by atoms with Crippen molar-refractivity contribution in [2.75, 3.05) is 0 Å². The second-order valence-electron chi connectivity index (χ2n) is 15.3. The lowest BCUT2D eigenvalue weighted by molar-refractivity contribution is 0.660. The van der Waals surface area contributed by atoms with Crippen molar-refractivity contribution in [1.29, 1.82) is 0 Å². The topological polar surface area (TPSA) is 9.86 Å². The van der Waals surface area contributed by atoms with Crippen molar-refractivity contribution in [2.24, 2.45) is 0 Å². The van der Waals surface area contributed by atoms with Gasteiger partial charge in [-0.3, -0.25) is 0 Å². The first-order valence-electron chi connectivity index (χ1n) is 18.8. The third-order valence-corrected chi connectivity index (χ3v) is 13.3. The van der Waals surface area contributed by atoms with Crippen LogP contribution in [0, 0.1) is 0 Å². The Morgan fingerprint density at radius 2 is 1.02 bits per heavy atom. The summed E-state index contributed by atoms with van der Waals surface area (Å²) in [6.07, 6.45) is 0. The number of rotatable bonds is 3. The van der Waals surface area contributed by atoms with Crippen LogP contribution in [0.25, 0.3) is 97.4 Å². The van der Waals surface area contributed by atoms with Gasteiger partial charge in [0.2, 0.25) is 0 Å². The normalized spacial score (nSPS) is 13.5. The van der Waals surface area contributed by atoms with E-state index in [2.05, 4.69) is 193 Å². The summed E-state index contributed by atoms with van der Waals surface area (Å²) in [5.41, 5.74) is 15.1. The number of hydrogen-bond donors (Lipinski definition) is 0. The van der Waals surface area contributed by atoms with Crippen molar-refractivity contribution in [3.63, 3.8) is 0 Å². The molecule has 254 valence electrons. The number of thiophene rings is 1. The quantitative estimate of drug-likeness (QED) is 0.173. The van der Waals surface area contributed by atoms with Crippen LogP contribution < -0.4 is 0 Å². The van der Waals surface area contributed by atoms with Gasteiger partial charge in [0.1, 0.15) is 0 Å². The van der Waals surface area contributed by atoms with E-state index in [0.717, 1.165) is 0 Å². The van der Waals surface area contributed by atoms with Crippen molar-refractivity contribution in [3.8, 4) is 33.6 Å². The molecule has 1 aliphatic rings. The van der Waals surface area contributed by atoms with Gasteiger partial charge in [-0.15, -0.1) is 11.3 Å². The largest absolute Gasteiger partial charge is 0.309 e. The first kappa shape index (κ1) is 30.1. The molecular weight excluding hydrogens is 673 g/mol. The van der Waals surface area contributed by atoms with Crippen molar-refractivity contribution >= 4 is 75.1 Å². The number of benzene rings is 8. The van der Waals surface area contributed by atoms with Gasteiger partial charge in [-0.05, 0) is 94.0 Å². The molecule has 11 aromatic rings. The zero-order valence-electron chi connectivity index (χ0n) is 30.0. The van der Waals surface area contributed by atoms with Crippen LogP contribution in [0.4, 0.5) is 0 Å². The number of nitrogens with zero attached hydrogens (tertiary/aromatic N) is 2. The summed E-state index contributed by atoms with van der Waals surface area (Å²) in [6, 6.07) is 63.3. The van der Waals surface area contributed by atoms with E-state index in [1.54, 1.807) is 0 Å². The number of hydrogen-bond acceptors (Lipinski definition) is 1. The lowest BCUT2D eigenvalue weighted by Gasteiger charge is -2.22. The SMILES string of the molecule is CC1(C)c2ccccc2-c2ccc(-n3c4ccc(-c5cccc6c5sc5ccccc56)cc4c4cc5c(cc43)c3ccccc3n5-c3ccccc3)cc21. The molecule has 3 heteroatoms. The molecule has 0 bridgehead atoms. The van der Waals surface area contributed by atoms with Gasteiger partial charge >= 0.3 is 0 Å². The van der Waals surface area contributed by atoms with E-state index >= 15 is 0 Å². The maximum atomic E-state index is 2.52. The number of para-hydroxylation sites is 2. The first-order chi connectivity index (χ1) is 26.5. The Labute approximate surface area is 316 Å². The molecule has 3 heterocycles. The monoisotopic (exact) mass is 706 g/mol. The summed E-state index contributed by atoms with van der Waals surface area (Å²) in [6.45, 7) is 4.74. The first-order valence-corrected chi connectivity index (χ1v) is 19.6. The third kappa shape index (κ3) is 4.00. The van der Waals surface area contributed by atoms with Crippen molar-refractivity contribution in [2.45, 2.75) is 19.3 Å². The van der Waals surface area contributed by atoms with Gasteiger partial charge in [0.15, 0.2) is 0 Å². The highest BCUT2D eigenvalue weighted by Gasteiger charge is 2.35. The van der Waals surface area contributed by atoms with Crippen LogP contribution >= 0.6 is 11.3 Å². The molecule has 0 N–H and O–H groups in total. The molecule has 3 aromatic heterocycles. The van der Waals surface area contributed by atoms with Crippen LogP contribution in [0.15, 0.2) is 170 Å². The Morgan fingerprint density at radius 3 is 1.89 bits per heavy atom. The Kier molecular flexibility index (Phi) is 6.03. The Bertz CT molecular complexity index is 3350. The van der Waals surface area contributed by atoms with E-state index in [1.165, 1.54) is 109 Å². The standard InChI is InChI=1S/C51H34N2S/c1-51(2)43-20-9-6-15-35(43)36-25-24-33(28-44(36)51)53-46-26-23-31(34-18-12-19-39-38-17-8-11-22-49(38)54-50(34)39)27-40(46)42-30-47-41(29-48(42)53)37-16-7-10-21-45(37)52(47)32-13-4-3-5-14-32/h3-30H,1-2H3. The van der Waals surface area contributed by atoms with E-state index in [9.17, 15) is 0 Å². The predicted molar refractivity (Wildman–Crippen MR) is 231 cm³/mol. The summed E-state index contributed by atoms with van der Waals surface area (Å²) in [4.78, 5) is 0. The van der Waals surface area contributed by atoms with Gasteiger partial charge in [0, 0.05) is 58.5 Å². The van der Waals surface area contributed by atoms with E-state index in [-0.39, 0.29) is 5.41 Å². The minimum absolute atomic E-state index is 0.0901. The molecule has 0 atom stereocenters. The maximum absolute atomic E-state index is 2.52. The Balaban J connectivity index is 1.18.